The number of nitrogens with one attached hydrogen (secondary N) is 1. The zero-order valence-corrected chi connectivity index (χ0v) is 13.4. The molecule has 0 aliphatic heterocycles. The van der Waals surface area contributed by atoms with Gasteiger partial charge < -0.3 is 4.52 Å². The normalized spacial score (nSPS) is 11.3. The summed E-state index contributed by atoms with van der Waals surface area (Å²) in [7, 11) is 0. The average molecular weight is 323 g/mol. The Morgan fingerprint density at radius 2 is 2.00 bits per heavy atom. The predicted octanol–water partition coefficient (Wildman–Crippen LogP) is 3.31. The topological polar surface area (TPSA) is 58.6 Å². The van der Waals surface area contributed by atoms with Crippen LogP contribution in [0.15, 0.2) is 47.4 Å². The van der Waals surface area contributed by atoms with E-state index in [1.54, 1.807) is 12.1 Å². The van der Waals surface area contributed by atoms with E-state index in [0.717, 1.165) is 39.3 Å². The van der Waals surface area contributed by atoms with Crippen LogP contribution >= 0.6 is 0 Å². The number of benzene rings is 1. The summed E-state index contributed by atoms with van der Waals surface area (Å²) in [6, 6.07) is 8.52. The fourth-order valence-corrected chi connectivity index (χ4v) is 2.94. The summed E-state index contributed by atoms with van der Waals surface area (Å²) >= 11 is 0. The van der Waals surface area contributed by atoms with Crippen LogP contribution in [-0.4, -0.2) is 15.1 Å². The number of imidazole rings is 1. The number of rotatable bonds is 3. The summed E-state index contributed by atoms with van der Waals surface area (Å²) in [5, 5.41) is 3.99. The van der Waals surface area contributed by atoms with Crippen LogP contribution in [0, 0.1) is 19.7 Å². The number of hydrogen-bond acceptors (Lipinski definition) is 3. The second kappa shape index (κ2) is 5.56. The molecule has 0 saturated heterocycles. The predicted molar refractivity (Wildman–Crippen MR) is 86.8 cm³/mol. The van der Waals surface area contributed by atoms with E-state index < -0.39 is 0 Å². The van der Waals surface area contributed by atoms with Gasteiger partial charge in [-0.25, -0.2) is 8.96 Å². The Morgan fingerprint density at radius 1 is 1.21 bits per heavy atom. The third-order valence-corrected chi connectivity index (χ3v) is 4.10. The van der Waals surface area contributed by atoms with Gasteiger partial charge in [0.05, 0.1) is 17.8 Å². The van der Waals surface area contributed by atoms with Gasteiger partial charge in [-0.2, -0.15) is 0 Å². The van der Waals surface area contributed by atoms with Crippen molar-refractivity contribution in [3.8, 4) is 11.1 Å². The molecular formula is C18H16FN4O+. The quantitative estimate of drug-likeness (QED) is 0.589. The number of aromatic nitrogens is 4. The second-order valence-electron chi connectivity index (χ2n) is 5.82. The molecule has 0 amide bonds. The molecule has 4 aromatic rings. The van der Waals surface area contributed by atoms with Crippen molar-refractivity contribution in [1.82, 2.24) is 15.1 Å². The minimum atomic E-state index is -0.232. The van der Waals surface area contributed by atoms with Crippen LogP contribution in [0.25, 0.3) is 22.3 Å². The van der Waals surface area contributed by atoms with Crippen molar-refractivity contribution in [2.24, 2.45) is 0 Å². The van der Waals surface area contributed by atoms with Crippen molar-refractivity contribution in [3.05, 3.63) is 65.7 Å². The Kier molecular flexibility index (Phi) is 3.37. The van der Waals surface area contributed by atoms with Gasteiger partial charge in [-0.3, -0.25) is 4.98 Å². The van der Waals surface area contributed by atoms with Crippen LogP contribution in [-0.2, 0) is 6.54 Å². The lowest BCUT2D eigenvalue weighted by Crippen LogP contribution is -2.33. The van der Waals surface area contributed by atoms with Crippen molar-refractivity contribution < 1.29 is 13.5 Å². The van der Waals surface area contributed by atoms with Gasteiger partial charge in [0.1, 0.15) is 17.8 Å². The SMILES string of the molecule is Cc1noc(C)c1-c1cnc2c(c1)[nH]c[n+]2Cc1ccc(F)cc1. The van der Waals surface area contributed by atoms with Gasteiger partial charge >= 0.3 is 5.65 Å². The molecule has 0 aliphatic rings. The molecule has 3 aromatic heterocycles. The number of aryl methyl sites for hydroxylation is 2. The van der Waals surface area contributed by atoms with E-state index in [1.807, 2.05) is 37.0 Å². The van der Waals surface area contributed by atoms with Crippen LogP contribution in [0.3, 0.4) is 0 Å². The van der Waals surface area contributed by atoms with E-state index in [1.165, 1.54) is 12.1 Å². The molecule has 0 fully saturated rings. The highest BCUT2D eigenvalue weighted by atomic mass is 19.1. The van der Waals surface area contributed by atoms with E-state index >= 15 is 0 Å². The first-order valence-electron chi connectivity index (χ1n) is 7.66. The monoisotopic (exact) mass is 323 g/mol. The summed E-state index contributed by atoms with van der Waals surface area (Å²) in [5.41, 5.74) is 5.57. The molecule has 1 N–H and O–H groups in total. The Labute approximate surface area is 137 Å². The van der Waals surface area contributed by atoms with Gasteiger partial charge in [-0.15, -0.1) is 4.98 Å². The van der Waals surface area contributed by atoms with Gasteiger partial charge in [-0.1, -0.05) is 17.3 Å². The van der Waals surface area contributed by atoms with E-state index in [9.17, 15) is 4.39 Å². The summed E-state index contributed by atoms with van der Waals surface area (Å²) in [5.74, 6) is 0.546. The maximum atomic E-state index is 13.0. The molecule has 0 unspecified atom stereocenters. The first-order valence-corrected chi connectivity index (χ1v) is 7.66. The van der Waals surface area contributed by atoms with Crippen molar-refractivity contribution in [3.63, 3.8) is 0 Å². The minimum absolute atomic E-state index is 0.232. The molecule has 5 nitrogen and oxygen atoms in total. The highest BCUT2D eigenvalue weighted by molar-refractivity contribution is 5.77. The molecule has 0 spiro atoms. The number of fused-ring (bicyclic) bond motifs is 1. The lowest BCUT2D eigenvalue weighted by molar-refractivity contribution is -0.664. The Morgan fingerprint density at radius 3 is 2.71 bits per heavy atom. The molecular weight excluding hydrogens is 307 g/mol. The van der Waals surface area contributed by atoms with E-state index in [0.29, 0.717) is 6.54 Å². The lowest BCUT2D eigenvalue weighted by atomic mass is 10.1. The maximum absolute atomic E-state index is 13.0. The Balaban J connectivity index is 1.72. The number of halogens is 1. The van der Waals surface area contributed by atoms with Crippen LogP contribution in [0.2, 0.25) is 0 Å². The summed E-state index contributed by atoms with van der Waals surface area (Å²) in [6.07, 6.45) is 3.70. The molecule has 1 aromatic carbocycles. The molecule has 0 bridgehead atoms. The zero-order chi connectivity index (χ0) is 16.7. The Hall–Kier alpha value is -3.02. The van der Waals surface area contributed by atoms with Gasteiger partial charge in [0, 0.05) is 5.56 Å². The zero-order valence-electron chi connectivity index (χ0n) is 13.4. The molecule has 6 heteroatoms. The standard InChI is InChI=1S/C18H15FN4O/c1-11-17(12(2)24-22-11)14-7-16-18(20-8-14)23(10-21-16)9-13-3-5-15(19)6-4-13/h3-8,10H,9H2,1-2H3/p+1. The van der Waals surface area contributed by atoms with Gasteiger partial charge in [-0.05, 0) is 37.6 Å². The van der Waals surface area contributed by atoms with E-state index in [4.69, 9.17) is 4.52 Å². The molecule has 0 saturated carbocycles. The third-order valence-electron chi connectivity index (χ3n) is 4.10. The lowest BCUT2D eigenvalue weighted by Gasteiger charge is -2.00. The molecule has 0 aliphatic carbocycles. The van der Waals surface area contributed by atoms with Crippen molar-refractivity contribution >= 4 is 11.2 Å². The van der Waals surface area contributed by atoms with E-state index in [-0.39, 0.29) is 5.82 Å². The molecule has 3 heterocycles. The summed E-state index contributed by atoms with van der Waals surface area (Å²) in [6.45, 7) is 4.43. The van der Waals surface area contributed by atoms with E-state index in [2.05, 4.69) is 15.1 Å². The molecule has 120 valence electrons. The number of pyridine rings is 1. The van der Waals surface area contributed by atoms with Crippen LogP contribution in [0.5, 0.6) is 0 Å². The maximum Gasteiger partial charge on any atom is 0.301 e. The van der Waals surface area contributed by atoms with Crippen LogP contribution < -0.4 is 4.57 Å². The van der Waals surface area contributed by atoms with Crippen molar-refractivity contribution in [2.75, 3.05) is 0 Å². The molecule has 4 rings (SSSR count). The van der Waals surface area contributed by atoms with Crippen LogP contribution in [0.4, 0.5) is 4.39 Å². The van der Waals surface area contributed by atoms with Crippen molar-refractivity contribution in [2.45, 2.75) is 20.4 Å². The summed E-state index contributed by atoms with van der Waals surface area (Å²) < 4.78 is 20.3. The Bertz CT molecular complexity index is 998. The molecule has 0 atom stereocenters. The number of hydrogen-bond donors (Lipinski definition) is 1. The highest BCUT2D eigenvalue weighted by Crippen LogP contribution is 2.27. The second-order valence-corrected chi connectivity index (χ2v) is 5.82. The number of H-pyrrole nitrogens is 1. The average Bonchev–Trinajstić information content (AvgIpc) is 3.12. The molecule has 0 radical (unpaired) electrons. The number of aromatic amines is 1. The third kappa shape index (κ3) is 2.46. The fraction of sp³-hybridized carbons (Fsp3) is 0.167. The first-order chi connectivity index (χ1) is 11.6. The van der Waals surface area contributed by atoms with Crippen molar-refractivity contribution in [1.29, 1.82) is 0 Å². The smallest absolute Gasteiger partial charge is 0.301 e. The number of nitrogens with zero attached hydrogens (tertiary/aromatic N) is 3. The van der Waals surface area contributed by atoms with Crippen LogP contribution in [0.1, 0.15) is 17.0 Å². The van der Waals surface area contributed by atoms with Gasteiger partial charge in [0.2, 0.25) is 0 Å². The largest absolute Gasteiger partial charge is 0.361 e. The van der Waals surface area contributed by atoms with Gasteiger partial charge in [0.25, 0.3) is 0 Å². The molecule has 24 heavy (non-hydrogen) atoms. The highest BCUT2D eigenvalue weighted by Gasteiger charge is 2.17. The first kappa shape index (κ1) is 14.6. The minimum Gasteiger partial charge on any atom is -0.361 e. The fourth-order valence-electron chi connectivity index (χ4n) is 2.94. The summed E-state index contributed by atoms with van der Waals surface area (Å²) in [4.78, 5) is 7.82. The van der Waals surface area contributed by atoms with Gasteiger partial charge in [0.15, 0.2) is 11.8 Å².